The fourth-order valence-electron chi connectivity index (χ4n) is 2.40. The third kappa shape index (κ3) is 3.57. The number of hydrogen-bond acceptors (Lipinski definition) is 3. The number of aromatic nitrogens is 1. The highest BCUT2D eigenvalue weighted by Crippen LogP contribution is 2.28. The van der Waals surface area contributed by atoms with Gasteiger partial charge < -0.3 is 5.73 Å². The number of hydrogen-bond donors (Lipinski definition) is 1. The fourth-order valence-corrected chi connectivity index (χ4v) is 2.98. The van der Waals surface area contributed by atoms with Crippen molar-refractivity contribution in [1.82, 2.24) is 4.98 Å². The van der Waals surface area contributed by atoms with Crippen LogP contribution in [0.5, 0.6) is 0 Å². The molecule has 2 N–H and O–H groups in total. The van der Waals surface area contributed by atoms with Gasteiger partial charge in [0, 0.05) is 10.9 Å². The molecule has 2 aromatic rings. The largest absolute Gasteiger partial charge is 0.375 e. The zero-order valence-electron chi connectivity index (χ0n) is 11.7. The topological polar surface area (TPSA) is 38.9 Å². The predicted molar refractivity (Wildman–Crippen MR) is 84.5 cm³/mol. The van der Waals surface area contributed by atoms with E-state index in [-0.39, 0.29) is 0 Å². The van der Waals surface area contributed by atoms with Crippen LogP contribution in [0, 0.1) is 0 Å². The van der Waals surface area contributed by atoms with Crippen molar-refractivity contribution in [2.24, 2.45) is 0 Å². The minimum absolute atomic E-state index is 0.633. The van der Waals surface area contributed by atoms with Crippen LogP contribution in [0.2, 0.25) is 0 Å². The van der Waals surface area contributed by atoms with Crippen molar-refractivity contribution in [2.75, 3.05) is 5.73 Å². The summed E-state index contributed by atoms with van der Waals surface area (Å²) < 4.78 is 0. The fraction of sp³-hybridized carbons (Fsp3) is 0.438. The Bertz CT molecular complexity index is 502. The Morgan fingerprint density at radius 3 is 2.47 bits per heavy atom. The van der Waals surface area contributed by atoms with Crippen LogP contribution < -0.4 is 5.73 Å². The summed E-state index contributed by atoms with van der Waals surface area (Å²) >= 11 is 1.49. The lowest BCUT2D eigenvalue weighted by Gasteiger charge is -2.15. The monoisotopic (exact) mass is 274 g/mol. The number of unbranched alkanes of at least 4 members (excludes halogenated alkanes) is 1. The van der Waals surface area contributed by atoms with E-state index in [1.54, 1.807) is 0 Å². The summed E-state index contributed by atoms with van der Waals surface area (Å²) in [4.78, 5) is 4.32. The van der Waals surface area contributed by atoms with Gasteiger partial charge in [-0.05, 0) is 24.3 Å². The maximum Gasteiger partial charge on any atom is 0.180 e. The van der Waals surface area contributed by atoms with E-state index < -0.39 is 0 Å². The highest BCUT2D eigenvalue weighted by atomic mass is 32.1. The van der Waals surface area contributed by atoms with E-state index in [1.807, 2.05) is 5.38 Å². The van der Waals surface area contributed by atoms with Crippen molar-refractivity contribution in [3.63, 3.8) is 0 Å². The van der Waals surface area contributed by atoms with E-state index in [1.165, 1.54) is 42.6 Å². The van der Waals surface area contributed by atoms with Gasteiger partial charge in [-0.2, -0.15) is 0 Å². The van der Waals surface area contributed by atoms with E-state index in [2.05, 4.69) is 43.1 Å². The van der Waals surface area contributed by atoms with Gasteiger partial charge in [0.05, 0.1) is 5.69 Å². The molecule has 0 fully saturated rings. The first-order valence-corrected chi connectivity index (χ1v) is 7.93. The Balaban J connectivity index is 2.13. The number of anilines is 1. The predicted octanol–water partition coefficient (Wildman–Crippen LogP) is 5.08. The first-order valence-electron chi connectivity index (χ1n) is 7.06. The van der Waals surface area contributed by atoms with Crippen molar-refractivity contribution < 1.29 is 0 Å². The smallest absolute Gasteiger partial charge is 0.180 e. The highest BCUT2D eigenvalue weighted by molar-refractivity contribution is 7.13. The zero-order chi connectivity index (χ0) is 13.7. The maximum absolute atomic E-state index is 5.68. The number of nitrogens with two attached hydrogens (primary N) is 1. The normalized spacial score (nSPS) is 12.5. The molecule has 2 nitrogen and oxygen atoms in total. The van der Waals surface area contributed by atoms with Crippen LogP contribution in [0.15, 0.2) is 29.6 Å². The highest BCUT2D eigenvalue weighted by Gasteiger charge is 2.09. The van der Waals surface area contributed by atoms with Crippen molar-refractivity contribution in [3.8, 4) is 11.3 Å². The number of benzene rings is 1. The van der Waals surface area contributed by atoms with Crippen LogP contribution >= 0.6 is 11.3 Å². The Kier molecular flexibility index (Phi) is 4.97. The van der Waals surface area contributed by atoms with Crippen molar-refractivity contribution >= 4 is 16.5 Å². The summed E-state index contributed by atoms with van der Waals surface area (Å²) in [5.41, 5.74) is 9.26. The number of nitrogens with zero attached hydrogens (tertiary/aromatic N) is 1. The van der Waals surface area contributed by atoms with Gasteiger partial charge in [0.2, 0.25) is 0 Å². The third-order valence-corrected chi connectivity index (χ3v) is 4.27. The second-order valence-corrected chi connectivity index (χ2v) is 5.83. The van der Waals surface area contributed by atoms with Gasteiger partial charge in [0.25, 0.3) is 0 Å². The molecule has 0 radical (unpaired) electrons. The van der Waals surface area contributed by atoms with Crippen LogP contribution in [-0.4, -0.2) is 4.98 Å². The standard InChI is InChI=1S/C16H22N2S/c1-3-5-6-12(4-2)13-7-9-14(10-8-13)15-11-19-16(17)18-15/h7-12H,3-6H2,1-2H3,(H2,17,18). The molecule has 0 aliphatic rings. The first kappa shape index (κ1) is 14.1. The molecule has 0 spiro atoms. The average molecular weight is 274 g/mol. The molecular weight excluding hydrogens is 252 g/mol. The van der Waals surface area contributed by atoms with Gasteiger partial charge in [-0.3, -0.25) is 0 Å². The molecule has 0 bridgehead atoms. The van der Waals surface area contributed by atoms with Crippen LogP contribution in [0.1, 0.15) is 51.0 Å². The van der Waals surface area contributed by atoms with Gasteiger partial charge in [0.1, 0.15) is 0 Å². The quantitative estimate of drug-likeness (QED) is 0.798. The summed E-state index contributed by atoms with van der Waals surface area (Å²) in [7, 11) is 0. The maximum atomic E-state index is 5.68. The minimum Gasteiger partial charge on any atom is -0.375 e. The van der Waals surface area contributed by atoms with Gasteiger partial charge in [-0.25, -0.2) is 4.98 Å². The molecule has 0 aliphatic heterocycles. The Morgan fingerprint density at radius 2 is 1.95 bits per heavy atom. The van der Waals surface area contributed by atoms with Crippen molar-refractivity contribution in [3.05, 3.63) is 35.2 Å². The van der Waals surface area contributed by atoms with Crippen molar-refractivity contribution in [1.29, 1.82) is 0 Å². The molecule has 3 heteroatoms. The summed E-state index contributed by atoms with van der Waals surface area (Å²) in [5, 5.41) is 2.65. The molecule has 0 saturated heterocycles. The summed E-state index contributed by atoms with van der Waals surface area (Å²) in [6, 6.07) is 8.82. The molecule has 19 heavy (non-hydrogen) atoms. The first-order chi connectivity index (χ1) is 9.24. The summed E-state index contributed by atoms with van der Waals surface area (Å²) in [6.45, 7) is 4.53. The molecule has 1 atom stereocenters. The molecule has 1 heterocycles. The Hall–Kier alpha value is -1.35. The molecule has 102 valence electrons. The van der Waals surface area contributed by atoms with Crippen molar-refractivity contribution in [2.45, 2.75) is 45.4 Å². The summed E-state index contributed by atoms with van der Waals surface area (Å²) in [5.74, 6) is 0.689. The van der Waals surface area contributed by atoms with Gasteiger partial charge in [0.15, 0.2) is 5.13 Å². The zero-order valence-corrected chi connectivity index (χ0v) is 12.5. The molecule has 1 aromatic heterocycles. The molecule has 0 saturated carbocycles. The van der Waals surface area contributed by atoms with Gasteiger partial charge in [-0.1, -0.05) is 51.0 Å². The molecular formula is C16H22N2S. The van der Waals surface area contributed by atoms with Crippen LogP contribution in [0.25, 0.3) is 11.3 Å². The number of rotatable bonds is 6. The Morgan fingerprint density at radius 1 is 1.21 bits per heavy atom. The molecule has 0 amide bonds. The molecule has 1 aromatic carbocycles. The van der Waals surface area contributed by atoms with E-state index in [0.717, 1.165) is 11.3 Å². The molecule has 0 aliphatic carbocycles. The average Bonchev–Trinajstić information content (AvgIpc) is 2.87. The minimum atomic E-state index is 0.633. The lowest BCUT2D eigenvalue weighted by molar-refractivity contribution is 0.570. The lowest BCUT2D eigenvalue weighted by atomic mass is 9.90. The van der Waals surface area contributed by atoms with Gasteiger partial charge >= 0.3 is 0 Å². The van der Waals surface area contributed by atoms with Crippen LogP contribution in [0.4, 0.5) is 5.13 Å². The van der Waals surface area contributed by atoms with E-state index in [4.69, 9.17) is 5.73 Å². The van der Waals surface area contributed by atoms with Gasteiger partial charge in [-0.15, -0.1) is 11.3 Å². The third-order valence-electron chi connectivity index (χ3n) is 3.60. The van der Waals surface area contributed by atoms with E-state index in [0.29, 0.717) is 11.0 Å². The Labute approximate surface area is 119 Å². The van der Waals surface area contributed by atoms with E-state index >= 15 is 0 Å². The summed E-state index contributed by atoms with van der Waals surface area (Å²) in [6.07, 6.45) is 5.08. The number of nitrogen functional groups attached to an aromatic ring is 1. The molecule has 1 unspecified atom stereocenters. The SMILES string of the molecule is CCCCC(CC)c1ccc(-c2csc(N)n2)cc1. The van der Waals surface area contributed by atoms with E-state index in [9.17, 15) is 0 Å². The molecule has 2 rings (SSSR count). The second-order valence-electron chi connectivity index (χ2n) is 4.94. The lowest BCUT2D eigenvalue weighted by Crippen LogP contribution is -1.97. The second kappa shape index (κ2) is 6.71. The van der Waals surface area contributed by atoms with Crippen LogP contribution in [-0.2, 0) is 0 Å². The van der Waals surface area contributed by atoms with Crippen LogP contribution in [0.3, 0.4) is 0 Å². The number of thiazole rings is 1.